The average molecular weight is 317 g/mol. The van der Waals surface area contributed by atoms with Gasteiger partial charge in [-0.25, -0.2) is 0 Å². The topological polar surface area (TPSA) is 66.4 Å². The molecule has 0 radical (unpaired) electrons. The number of carbonyl (C=O) groups is 2. The number of nitrogens with one attached hydrogen (secondary N) is 1. The standard InChI is InChI=1S/C19H27NO3/c1-15-5-7-16(8-6-15)17(22)9-10-18(23)20-13-19(14-21)11-3-2-4-12-19/h5-8,21H,2-4,9-14H2,1H3,(H,20,23). The minimum atomic E-state index is -0.158. The number of Topliss-reactive ketones (excluding diaryl/α,β-unsaturated/α-hetero) is 1. The molecule has 0 spiro atoms. The van der Waals surface area contributed by atoms with Crippen molar-refractivity contribution in [3.05, 3.63) is 35.4 Å². The van der Waals surface area contributed by atoms with Crippen LogP contribution in [-0.2, 0) is 4.79 Å². The van der Waals surface area contributed by atoms with Crippen LogP contribution in [0.1, 0.15) is 60.9 Å². The summed E-state index contributed by atoms with van der Waals surface area (Å²) in [7, 11) is 0. The van der Waals surface area contributed by atoms with Crippen molar-refractivity contribution >= 4 is 11.7 Å². The van der Waals surface area contributed by atoms with Crippen LogP contribution in [0, 0.1) is 12.3 Å². The number of carbonyl (C=O) groups excluding carboxylic acids is 2. The Kier molecular flexibility index (Phi) is 6.34. The fraction of sp³-hybridized carbons (Fsp3) is 0.579. The largest absolute Gasteiger partial charge is 0.396 e. The molecular formula is C19H27NO3. The number of aryl methyl sites for hydroxylation is 1. The Labute approximate surface area is 138 Å². The smallest absolute Gasteiger partial charge is 0.220 e. The van der Waals surface area contributed by atoms with Gasteiger partial charge in [0.2, 0.25) is 5.91 Å². The van der Waals surface area contributed by atoms with Gasteiger partial charge in [0.15, 0.2) is 5.78 Å². The first-order chi connectivity index (χ1) is 11.0. The van der Waals surface area contributed by atoms with Crippen molar-refractivity contribution in [3.8, 4) is 0 Å². The minimum absolute atomic E-state index is 0.00492. The van der Waals surface area contributed by atoms with Gasteiger partial charge in [-0.3, -0.25) is 9.59 Å². The molecule has 4 nitrogen and oxygen atoms in total. The van der Waals surface area contributed by atoms with Crippen LogP contribution in [-0.4, -0.2) is 29.9 Å². The molecule has 4 heteroatoms. The first-order valence-electron chi connectivity index (χ1n) is 8.52. The second-order valence-electron chi connectivity index (χ2n) is 6.78. The van der Waals surface area contributed by atoms with E-state index in [1.165, 1.54) is 6.42 Å². The third-order valence-corrected chi connectivity index (χ3v) is 4.86. The molecule has 0 atom stereocenters. The fourth-order valence-electron chi connectivity index (χ4n) is 3.18. The second-order valence-corrected chi connectivity index (χ2v) is 6.78. The lowest BCUT2D eigenvalue weighted by Gasteiger charge is -2.35. The van der Waals surface area contributed by atoms with Crippen molar-refractivity contribution in [2.45, 2.75) is 51.9 Å². The number of ketones is 1. The van der Waals surface area contributed by atoms with E-state index in [1.807, 2.05) is 19.1 Å². The van der Waals surface area contributed by atoms with E-state index in [0.29, 0.717) is 12.1 Å². The van der Waals surface area contributed by atoms with Gasteiger partial charge in [0, 0.05) is 30.4 Å². The molecule has 23 heavy (non-hydrogen) atoms. The van der Waals surface area contributed by atoms with Crippen molar-refractivity contribution in [2.75, 3.05) is 13.2 Å². The highest BCUT2D eigenvalue weighted by Gasteiger charge is 2.31. The predicted molar refractivity (Wildman–Crippen MR) is 90.4 cm³/mol. The zero-order valence-corrected chi connectivity index (χ0v) is 13.9. The molecule has 0 heterocycles. The molecule has 1 amide bonds. The fourth-order valence-corrected chi connectivity index (χ4v) is 3.18. The van der Waals surface area contributed by atoms with Gasteiger partial charge in [-0.05, 0) is 19.8 Å². The first kappa shape index (κ1) is 17.7. The Morgan fingerprint density at radius 2 is 1.74 bits per heavy atom. The summed E-state index contributed by atoms with van der Waals surface area (Å²) >= 11 is 0. The van der Waals surface area contributed by atoms with Crippen LogP contribution in [0.5, 0.6) is 0 Å². The summed E-state index contributed by atoms with van der Waals surface area (Å²) in [6.07, 6.45) is 5.79. The Morgan fingerprint density at radius 1 is 1.09 bits per heavy atom. The summed E-state index contributed by atoms with van der Waals surface area (Å²) < 4.78 is 0. The summed E-state index contributed by atoms with van der Waals surface area (Å²) in [6, 6.07) is 7.42. The number of hydrogen-bond acceptors (Lipinski definition) is 3. The predicted octanol–water partition coefficient (Wildman–Crippen LogP) is 3.02. The number of hydrogen-bond donors (Lipinski definition) is 2. The van der Waals surface area contributed by atoms with Crippen molar-refractivity contribution in [1.29, 1.82) is 0 Å². The zero-order valence-electron chi connectivity index (χ0n) is 13.9. The lowest BCUT2D eigenvalue weighted by Crippen LogP contribution is -2.41. The van der Waals surface area contributed by atoms with Gasteiger partial charge in [-0.2, -0.15) is 0 Å². The van der Waals surface area contributed by atoms with Crippen molar-refractivity contribution in [1.82, 2.24) is 5.32 Å². The molecule has 0 bridgehead atoms. The van der Waals surface area contributed by atoms with Crippen LogP contribution in [0.25, 0.3) is 0 Å². The average Bonchev–Trinajstić information content (AvgIpc) is 2.59. The van der Waals surface area contributed by atoms with E-state index in [0.717, 1.165) is 31.2 Å². The zero-order chi connectivity index (χ0) is 16.7. The molecule has 126 valence electrons. The maximum absolute atomic E-state index is 12.1. The van der Waals surface area contributed by atoms with Crippen LogP contribution >= 0.6 is 0 Å². The second kappa shape index (κ2) is 8.25. The Balaban J connectivity index is 1.76. The third-order valence-electron chi connectivity index (χ3n) is 4.86. The van der Waals surface area contributed by atoms with E-state index in [2.05, 4.69) is 5.32 Å². The van der Waals surface area contributed by atoms with Crippen LogP contribution in [0.4, 0.5) is 0 Å². The Morgan fingerprint density at radius 3 is 2.35 bits per heavy atom. The van der Waals surface area contributed by atoms with E-state index < -0.39 is 0 Å². The molecule has 0 unspecified atom stereocenters. The number of amides is 1. The summed E-state index contributed by atoms with van der Waals surface area (Å²) in [5, 5.41) is 12.5. The molecule has 1 saturated carbocycles. The maximum Gasteiger partial charge on any atom is 0.220 e. The van der Waals surface area contributed by atoms with Gasteiger partial charge in [0.05, 0.1) is 6.61 Å². The molecule has 1 aromatic carbocycles. The highest BCUT2D eigenvalue weighted by Crippen LogP contribution is 2.35. The van der Waals surface area contributed by atoms with Gasteiger partial charge in [-0.1, -0.05) is 49.1 Å². The Bertz CT molecular complexity index is 530. The van der Waals surface area contributed by atoms with E-state index in [9.17, 15) is 14.7 Å². The lowest BCUT2D eigenvalue weighted by atomic mass is 9.74. The van der Waals surface area contributed by atoms with Crippen molar-refractivity contribution in [2.24, 2.45) is 5.41 Å². The summed E-state index contributed by atoms with van der Waals surface area (Å²) in [5.74, 6) is -0.112. The van der Waals surface area contributed by atoms with Gasteiger partial charge in [0.25, 0.3) is 0 Å². The molecule has 2 N–H and O–H groups in total. The van der Waals surface area contributed by atoms with Crippen molar-refractivity contribution in [3.63, 3.8) is 0 Å². The Hall–Kier alpha value is -1.68. The van der Waals surface area contributed by atoms with Crippen molar-refractivity contribution < 1.29 is 14.7 Å². The van der Waals surface area contributed by atoms with Gasteiger partial charge in [0.1, 0.15) is 0 Å². The summed E-state index contributed by atoms with van der Waals surface area (Å²) in [6.45, 7) is 2.61. The normalized spacial score (nSPS) is 16.8. The molecule has 2 rings (SSSR count). The molecule has 1 fully saturated rings. The van der Waals surface area contributed by atoms with Crippen LogP contribution in [0.2, 0.25) is 0 Å². The molecule has 0 aliphatic heterocycles. The highest BCUT2D eigenvalue weighted by atomic mass is 16.3. The first-order valence-corrected chi connectivity index (χ1v) is 8.52. The molecule has 1 aromatic rings. The number of rotatable bonds is 7. The summed E-state index contributed by atoms with van der Waals surface area (Å²) in [5.41, 5.74) is 1.61. The SMILES string of the molecule is Cc1ccc(C(=O)CCC(=O)NCC2(CO)CCCCC2)cc1. The highest BCUT2D eigenvalue weighted by molar-refractivity contribution is 5.97. The minimum Gasteiger partial charge on any atom is -0.396 e. The molecule has 0 saturated heterocycles. The third kappa shape index (κ3) is 5.17. The summed E-state index contributed by atoms with van der Waals surface area (Å²) in [4.78, 5) is 24.1. The molecule has 1 aliphatic carbocycles. The van der Waals surface area contributed by atoms with Crippen LogP contribution < -0.4 is 5.32 Å². The molecule has 1 aliphatic rings. The number of benzene rings is 1. The number of aliphatic hydroxyl groups is 1. The molecular weight excluding hydrogens is 290 g/mol. The van der Waals surface area contributed by atoms with E-state index in [4.69, 9.17) is 0 Å². The van der Waals surface area contributed by atoms with Gasteiger partial charge >= 0.3 is 0 Å². The van der Waals surface area contributed by atoms with E-state index in [1.54, 1.807) is 12.1 Å². The van der Waals surface area contributed by atoms with Crippen LogP contribution in [0.15, 0.2) is 24.3 Å². The van der Waals surface area contributed by atoms with E-state index in [-0.39, 0.29) is 36.6 Å². The maximum atomic E-state index is 12.1. The van der Waals surface area contributed by atoms with E-state index >= 15 is 0 Å². The van der Waals surface area contributed by atoms with Gasteiger partial charge < -0.3 is 10.4 Å². The lowest BCUT2D eigenvalue weighted by molar-refractivity contribution is -0.121. The quantitative estimate of drug-likeness (QED) is 0.760. The monoisotopic (exact) mass is 317 g/mol. The number of aliphatic hydroxyl groups excluding tert-OH is 1. The van der Waals surface area contributed by atoms with Gasteiger partial charge in [-0.15, -0.1) is 0 Å². The molecule has 0 aromatic heterocycles. The van der Waals surface area contributed by atoms with Crippen LogP contribution in [0.3, 0.4) is 0 Å².